The van der Waals surface area contributed by atoms with Crippen LogP contribution in [0.25, 0.3) is 0 Å². The van der Waals surface area contributed by atoms with Crippen molar-refractivity contribution in [3.05, 3.63) is 53.1 Å². The maximum Gasteiger partial charge on any atom is 0.270 e. The fourth-order valence-corrected chi connectivity index (χ4v) is 2.61. The van der Waals surface area contributed by atoms with E-state index in [9.17, 15) is 9.59 Å². The fraction of sp³-hybridized carbons (Fsp3) is 0.294. The van der Waals surface area contributed by atoms with Crippen molar-refractivity contribution in [1.82, 2.24) is 15.3 Å². The molecule has 1 aliphatic rings. The average Bonchev–Trinajstić information content (AvgIpc) is 2.54. The van der Waals surface area contributed by atoms with E-state index in [2.05, 4.69) is 20.6 Å². The molecule has 0 spiro atoms. The zero-order valence-electron chi connectivity index (χ0n) is 13.1. The monoisotopic (exact) mass is 310 g/mol. The van der Waals surface area contributed by atoms with Crippen LogP contribution in [-0.4, -0.2) is 21.8 Å². The Morgan fingerprint density at radius 2 is 2.13 bits per heavy atom. The van der Waals surface area contributed by atoms with Gasteiger partial charge in [-0.3, -0.25) is 9.59 Å². The van der Waals surface area contributed by atoms with Crippen molar-refractivity contribution in [1.29, 1.82) is 0 Å². The first-order valence-corrected chi connectivity index (χ1v) is 7.56. The Morgan fingerprint density at radius 1 is 1.30 bits per heavy atom. The van der Waals surface area contributed by atoms with Crippen LogP contribution < -0.4 is 10.6 Å². The minimum absolute atomic E-state index is 0.0470. The third-order valence-electron chi connectivity index (χ3n) is 3.88. The zero-order valence-corrected chi connectivity index (χ0v) is 13.1. The predicted molar refractivity (Wildman–Crippen MR) is 86.0 cm³/mol. The summed E-state index contributed by atoms with van der Waals surface area (Å²) in [6.07, 6.45) is 2.79. The molecule has 0 saturated heterocycles. The van der Waals surface area contributed by atoms with Crippen LogP contribution in [0.2, 0.25) is 0 Å². The molecule has 0 aliphatic carbocycles. The second-order valence-corrected chi connectivity index (χ2v) is 5.65. The van der Waals surface area contributed by atoms with E-state index in [1.807, 2.05) is 25.1 Å². The van der Waals surface area contributed by atoms with Crippen LogP contribution >= 0.6 is 0 Å². The number of nitrogens with one attached hydrogen (secondary N) is 2. The molecule has 23 heavy (non-hydrogen) atoms. The molecule has 1 aromatic carbocycles. The van der Waals surface area contributed by atoms with Crippen LogP contribution in [0.3, 0.4) is 0 Å². The van der Waals surface area contributed by atoms with E-state index in [0.29, 0.717) is 17.9 Å². The van der Waals surface area contributed by atoms with Crippen LogP contribution in [0.5, 0.6) is 0 Å². The second kappa shape index (κ2) is 6.16. The molecule has 0 bridgehead atoms. The van der Waals surface area contributed by atoms with Gasteiger partial charge in [-0.1, -0.05) is 12.1 Å². The molecule has 0 saturated carbocycles. The second-order valence-electron chi connectivity index (χ2n) is 5.65. The molecule has 2 heterocycles. The van der Waals surface area contributed by atoms with E-state index in [1.165, 1.54) is 0 Å². The molecule has 1 aromatic heterocycles. The van der Waals surface area contributed by atoms with Gasteiger partial charge in [-0.2, -0.15) is 0 Å². The van der Waals surface area contributed by atoms with Gasteiger partial charge in [-0.15, -0.1) is 0 Å². The van der Waals surface area contributed by atoms with E-state index in [0.717, 1.165) is 23.2 Å². The van der Waals surface area contributed by atoms with Crippen LogP contribution in [0, 0.1) is 6.92 Å². The van der Waals surface area contributed by atoms with Gasteiger partial charge in [0.05, 0.1) is 6.04 Å². The average molecular weight is 310 g/mol. The van der Waals surface area contributed by atoms with Crippen molar-refractivity contribution in [3.8, 4) is 0 Å². The Kier molecular flexibility index (Phi) is 4.06. The highest BCUT2D eigenvalue weighted by atomic mass is 16.2. The van der Waals surface area contributed by atoms with E-state index < -0.39 is 0 Å². The lowest BCUT2D eigenvalue weighted by molar-refractivity contribution is -0.116. The highest BCUT2D eigenvalue weighted by molar-refractivity contribution is 5.94. The van der Waals surface area contributed by atoms with Crippen molar-refractivity contribution in [2.75, 3.05) is 5.32 Å². The molecule has 0 unspecified atom stereocenters. The number of nitrogens with zero attached hydrogens (tertiary/aromatic N) is 2. The van der Waals surface area contributed by atoms with Gasteiger partial charge in [-0.25, -0.2) is 9.97 Å². The van der Waals surface area contributed by atoms with Gasteiger partial charge >= 0.3 is 0 Å². The molecule has 2 aromatic rings. The fourth-order valence-electron chi connectivity index (χ4n) is 2.61. The first-order valence-electron chi connectivity index (χ1n) is 7.56. The Balaban J connectivity index is 1.74. The van der Waals surface area contributed by atoms with Gasteiger partial charge in [-0.05, 0) is 43.5 Å². The third-order valence-corrected chi connectivity index (χ3v) is 3.88. The number of aryl methyl sites for hydroxylation is 2. The number of anilines is 1. The molecule has 2 N–H and O–H groups in total. The van der Waals surface area contributed by atoms with Crippen molar-refractivity contribution < 1.29 is 9.59 Å². The summed E-state index contributed by atoms with van der Waals surface area (Å²) in [5.74, 6) is 0.384. The smallest absolute Gasteiger partial charge is 0.270 e. The number of aromatic nitrogens is 2. The summed E-state index contributed by atoms with van der Waals surface area (Å²) in [5.41, 5.74) is 3.31. The number of hydrogen-bond donors (Lipinski definition) is 2. The summed E-state index contributed by atoms with van der Waals surface area (Å²) in [6, 6.07) is 7.28. The molecule has 1 aliphatic heterocycles. The van der Waals surface area contributed by atoms with Gasteiger partial charge in [0, 0.05) is 18.3 Å². The molecule has 6 nitrogen and oxygen atoms in total. The first-order chi connectivity index (χ1) is 11.0. The summed E-state index contributed by atoms with van der Waals surface area (Å²) in [7, 11) is 0. The summed E-state index contributed by atoms with van der Waals surface area (Å²) in [5, 5.41) is 5.79. The van der Waals surface area contributed by atoms with Crippen molar-refractivity contribution in [2.45, 2.75) is 32.7 Å². The number of fused-ring (bicyclic) bond motifs is 1. The Morgan fingerprint density at radius 3 is 2.91 bits per heavy atom. The van der Waals surface area contributed by atoms with E-state index >= 15 is 0 Å². The summed E-state index contributed by atoms with van der Waals surface area (Å²) < 4.78 is 0. The van der Waals surface area contributed by atoms with Crippen molar-refractivity contribution in [2.24, 2.45) is 0 Å². The quantitative estimate of drug-likeness (QED) is 0.910. The normalized spacial score (nSPS) is 14.6. The zero-order chi connectivity index (χ0) is 16.4. The summed E-state index contributed by atoms with van der Waals surface area (Å²) >= 11 is 0. The first kappa shape index (κ1) is 15.1. The molecule has 6 heteroatoms. The maximum absolute atomic E-state index is 12.3. The number of hydrogen-bond acceptors (Lipinski definition) is 4. The Labute approximate surface area is 134 Å². The van der Waals surface area contributed by atoms with Crippen molar-refractivity contribution >= 4 is 17.5 Å². The molecular formula is C17H18N4O2. The highest BCUT2D eigenvalue weighted by Gasteiger charge is 2.18. The summed E-state index contributed by atoms with van der Waals surface area (Å²) in [4.78, 5) is 31.8. The highest BCUT2D eigenvalue weighted by Crippen LogP contribution is 2.26. The minimum Gasteiger partial charge on any atom is -0.344 e. The third kappa shape index (κ3) is 3.36. The predicted octanol–water partition coefficient (Wildman–Crippen LogP) is 2.16. The van der Waals surface area contributed by atoms with Gasteiger partial charge < -0.3 is 10.6 Å². The number of carbonyl (C=O) groups is 2. The van der Waals surface area contributed by atoms with Gasteiger partial charge in [0.1, 0.15) is 11.5 Å². The van der Waals surface area contributed by atoms with Crippen LogP contribution in [-0.2, 0) is 11.2 Å². The Hall–Kier alpha value is -2.76. The lowest BCUT2D eigenvalue weighted by atomic mass is 9.98. The molecule has 0 fully saturated rings. The van der Waals surface area contributed by atoms with E-state index in [-0.39, 0.29) is 17.9 Å². The summed E-state index contributed by atoms with van der Waals surface area (Å²) in [6.45, 7) is 3.67. The van der Waals surface area contributed by atoms with E-state index in [1.54, 1.807) is 19.2 Å². The number of benzene rings is 1. The van der Waals surface area contributed by atoms with Crippen molar-refractivity contribution in [3.63, 3.8) is 0 Å². The molecule has 3 rings (SSSR count). The number of rotatable bonds is 3. The Bertz CT molecular complexity index is 773. The lowest BCUT2D eigenvalue weighted by Gasteiger charge is -2.20. The number of amides is 2. The standard InChI is InChI=1S/C17H18N4O2/c1-10(19-17(23)15-7-8-18-11(2)20-15)12-3-5-14-13(9-12)4-6-16(22)21-14/h3,5,7-10H,4,6H2,1-2H3,(H,19,23)(H,21,22)/t10-/m0/s1. The van der Waals surface area contributed by atoms with Gasteiger partial charge in [0.15, 0.2) is 0 Å². The maximum atomic E-state index is 12.3. The topological polar surface area (TPSA) is 84.0 Å². The molecular weight excluding hydrogens is 292 g/mol. The molecule has 2 amide bonds. The van der Waals surface area contributed by atoms with Gasteiger partial charge in [0.25, 0.3) is 5.91 Å². The van der Waals surface area contributed by atoms with Crippen LogP contribution in [0.15, 0.2) is 30.5 Å². The van der Waals surface area contributed by atoms with Crippen LogP contribution in [0.1, 0.15) is 46.8 Å². The molecule has 118 valence electrons. The number of carbonyl (C=O) groups excluding carboxylic acids is 2. The molecule has 1 atom stereocenters. The largest absolute Gasteiger partial charge is 0.344 e. The minimum atomic E-state index is -0.228. The van der Waals surface area contributed by atoms with E-state index in [4.69, 9.17) is 0 Å². The van der Waals surface area contributed by atoms with Crippen LogP contribution in [0.4, 0.5) is 5.69 Å². The molecule has 0 radical (unpaired) electrons. The van der Waals surface area contributed by atoms with Gasteiger partial charge in [0.2, 0.25) is 5.91 Å². The lowest BCUT2D eigenvalue weighted by Crippen LogP contribution is -2.28. The SMILES string of the molecule is Cc1nccc(C(=O)N[C@@H](C)c2ccc3c(c2)CCC(=O)N3)n1.